The van der Waals surface area contributed by atoms with E-state index in [2.05, 4.69) is 10.0 Å². The zero-order valence-corrected chi connectivity index (χ0v) is 18.4. The third kappa shape index (κ3) is 6.16. The van der Waals surface area contributed by atoms with Crippen LogP contribution in [0.25, 0.3) is 0 Å². The van der Waals surface area contributed by atoms with Crippen molar-refractivity contribution in [3.8, 4) is 5.75 Å². The Morgan fingerprint density at radius 3 is 2.26 bits per heavy atom. The Morgan fingerprint density at radius 2 is 1.58 bits per heavy atom. The van der Waals surface area contributed by atoms with Crippen molar-refractivity contribution in [2.45, 2.75) is 30.8 Å². The molecule has 0 heterocycles. The second-order valence-electron chi connectivity index (χ2n) is 7.21. The zero-order valence-electron chi connectivity index (χ0n) is 17.5. The molecule has 3 rings (SSSR count). The molecule has 0 spiro atoms. The van der Waals surface area contributed by atoms with Crippen LogP contribution in [-0.4, -0.2) is 27.5 Å². The molecule has 0 fully saturated rings. The van der Waals surface area contributed by atoms with Crippen LogP contribution < -0.4 is 14.8 Å². The molecule has 162 valence electrons. The molecule has 0 aliphatic heterocycles. The molecule has 0 aliphatic carbocycles. The fourth-order valence-corrected chi connectivity index (χ4v) is 4.36. The fourth-order valence-electron chi connectivity index (χ4n) is 3.16. The van der Waals surface area contributed by atoms with Gasteiger partial charge >= 0.3 is 0 Å². The van der Waals surface area contributed by atoms with E-state index in [1.54, 1.807) is 19.2 Å². The van der Waals surface area contributed by atoms with Gasteiger partial charge in [0.1, 0.15) is 11.8 Å². The quantitative estimate of drug-likeness (QED) is 0.537. The van der Waals surface area contributed by atoms with E-state index >= 15 is 0 Å². The van der Waals surface area contributed by atoms with E-state index in [4.69, 9.17) is 4.74 Å². The van der Waals surface area contributed by atoms with Crippen LogP contribution in [0.5, 0.6) is 5.75 Å². The Hall–Kier alpha value is -3.16. The number of carbonyl (C=O) groups excluding carboxylic acids is 1. The van der Waals surface area contributed by atoms with Gasteiger partial charge in [-0.1, -0.05) is 66.2 Å². The number of nitrogens with one attached hydrogen (secondary N) is 2. The van der Waals surface area contributed by atoms with E-state index in [1.165, 1.54) is 12.1 Å². The molecule has 31 heavy (non-hydrogen) atoms. The minimum Gasteiger partial charge on any atom is -0.496 e. The van der Waals surface area contributed by atoms with E-state index in [1.807, 2.05) is 61.5 Å². The van der Waals surface area contributed by atoms with Crippen molar-refractivity contribution in [2.24, 2.45) is 0 Å². The van der Waals surface area contributed by atoms with Gasteiger partial charge in [-0.25, -0.2) is 8.42 Å². The first-order valence-corrected chi connectivity index (χ1v) is 11.4. The van der Waals surface area contributed by atoms with E-state index < -0.39 is 22.0 Å². The van der Waals surface area contributed by atoms with Crippen molar-refractivity contribution >= 4 is 15.9 Å². The highest BCUT2D eigenvalue weighted by Crippen LogP contribution is 2.17. The second kappa shape index (κ2) is 10.2. The number of ether oxygens (including phenoxy) is 1. The minimum absolute atomic E-state index is 0.119. The van der Waals surface area contributed by atoms with Crippen molar-refractivity contribution in [3.63, 3.8) is 0 Å². The number of amides is 1. The van der Waals surface area contributed by atoms with Crippen molar-refractivity contribution < 1.29 is 17.9 Å². The summed E-state index contributed by atoms with van der Waals surface area (Å²) in [6, 6.07) is 22.2. The minimum atomic E-state index is -3.87. The molecule has 0 radical (unpaired) electrons. The lowest BCUT2D eigenvalue weighted by molar-refractivity contribution is -0.122. The van der Waals surface area contributed by atoms with Crippen LogP contribution in [0, 0.1) is 6.92 Å². The van der Waals surface area contributed by atoms with Crippen molar-refractivity contribution in [1.82, 2.24) is 10.0 Å². The number of benzene rings is 3. The number of sulfonamides is 1. The van der Waals surface area contributed by atoms with Crippen LogP contribution in [0.2, 0.25) is 0 Å². The molecule has 6 nitrogen and oxygen atoms in total. The van der Waals surface area contributed by atoms with Crippen LogP contribution in [0.15, 0.2) is 83.8 Å². The first kappa shape index (κ1) is 22.5. The Labute approximate surface area is 183 Å². The third-order valence-corrected chi connectivity index (χ3v) is 6.36. The number of para-hydroxylation sites is 1. The number of rotatable bonds is 9. The summed E-state index contributed by atoms with van der Waals surface area (Å²) in [6.07, 6.45) is 0.226. The Bertz CT molecular complexity index is 1110. The predicted octanol–water partition coefficient (Wildman–Crippen LogP) is 3.21. The molecule has 7 heteroatoms. The Morgan fingerprint density at radius 1 is 0.935 bits per heavy atom. The zero-order chi connectivity index (χ0) is 22.3. The topological polar surface area (TPSA) is 84.5 Å². The second-order valence-corrected chi connectivity index (χ2v) is 8.92. The van der Waals surface area contributed by atoms with Crippen molar-refractivity contribution in [2.75, 3.05) is 7.11 Å². The van der Waals surface area contributed by atoms with Gasteiger partial charge in [-0.3, -0.25) is 4.79 Å². The van der Waals surface area contributed by atoms with Gasteiger partial charge in [-0.15, -0.1) is 0 Å². The summed E-state index contributed by atoms with van der Waals surface area (Å²) in [5.74, 6) is 0.244. The first-order chi connectivity index (χ1) is 14.9. The highest BCUT2D eigenvalue weighted by molar-refractivity contribution is 7.89. The lowest BCUT2D eigenvalue weighted by atomic mass is 10.1. The molecular formula is C24H26N2O4S. The van der Waals surface area contributed by atoms with Crippen LogP contribution >= 0.6 is 0 Å². The highest BCUT2D eigenvalue weighted by atomic mass is 32.2. The summed E-state index contributed by atoms with van der Waals surface area (Å²) in [4.78, 5) is 13.1. The summed E-state index contributed by atoms with van der Waals surface area (Å²) in [5.41, 5.74) is 2.61. The molecule has 2 N–H and O–H groups in total. The van der Waals surface area contributed by atoms with Crippen molar-refractivity contribution in [1.29, 1.82) is 0 Å². The van der Waals surface area contributed by atoms with Crippen LogP contribution in [0.1, 0.15) is 16.7 Å². The molecule has 3 aromatic rings. The number of hydrogen-bond donors (Lipinski definition) is 2. The molecule has 0 saturated carbocycles. The third-order valence-electron chi connectivity index (χ3n) is 4.87. The first-order valence-electron chi connectivity index (χ1n) is 9.91. The van der Waals surface area contributed by atoms with Crippen LogP contribution in [-0.2, 0) is 27.8 Å². The van der Waals surface area contributed by atoms with E-state index in [0.717, 1.165) is 16.7 Å². The summed E-state index contributed by atoms with van der Waals surface area (Å²) in [5, 5.41) is 2.83. The van der Waals surface area contributed by atoms with Crippen molar-refractivity contribution in [3.05, 3.63) is 95.6 Å². The molecule has 0 bridgehead atoms. The largest absolute Gasteiger partial charge is 0.496 e. The maximum Gasteiger partial charge on any atom is 0.241 e. The monoisotopic (exact) mass is 438 g/mol. The van der Waals surface area contributed by atoms with Gasteiger partial charge in [-0.05, 0) is 37.1 Å². The van der Waals surface area contributed by atoms with Gasteiger partial charge < -0.3 is 10.1 Å². The summed E-state index contributed by atoms with van der Waals surface area (Å²) < 4.78 is 33.7. The average Bonchev–Trinajstić information content (AvgIpc) is 2.78. The number of aryl methyl sites for hydroxylation is 1. The van der Waals surface area contributed by atoms with Gasteiger partial charge in [-0.2, -0.15) is 4.72 Å². The van der Waals surface area contributed by atoms with Gasteiger partial charge in [0.2, 0.25) is 15.9 Å². The lowest BCUT2D eigenvalue weighted by Crippen LogP contribution is -2.47. The molecule has 0 saturated heterocycles. The average molecular weight is 439 g/mol. The number of hydrogen-bond acceptors (Lipinski definition) is 4. The van der Waals surface area contributed by atoms with Gasteiger partial charge in [0.15, 0.2) is 0 Å². The summed E-state index contributed by atoms with van der Waals surface area (Å²) in [6.45, 7) is 2.10. The summed E-state index contributed by atoms with van der Waals surface area (Å²) in [7, 11) is -2.31. The standard InChI is InChI=1S/C24H26N2O4S/c1-18-12-14-21(15-13-18)31(28,29)26-22(16-19-8-4-3-5-9-19)24(27)25-17-20-10-6-7-11-23(20)30-2/h3-15,22,26H,16-17H2,1-2H3,(H,25,27)/t22-/m1/s1. The smallest absolute Gasteiger partial charge is 0.241 e. The van der Waals surface area contributed by atoms with Crippen LogP contribution in [0.3, 0.4) is 0 Å². The maximum absolute atomic E-state index is 13.0. The molecule has 1 amide bonds. The van der Waals surface area contributed by atoms with E-state index in [9.17, 15) is 13.2 Å². The molecule has 0 aromatic heterocycles. The lowest BCUT2D eigenvalue weighted by Gasteiger charge is -2.19. The SMILES string of the molecule is COc1ccccc1CNC(=O)[C@@H](Cc1ccccc1)NS(=O)(=O)c1ccc(C)cc1. The van der Waals surface area contributed by atoms with Gasteiger partial charge in [0.25, 0.3) is 0 Å². The van der Waals surface area contributed by atoms with Gasteiger partial charge in [0.05, 0.1) is 12.0 Å². The van der Waals surface area contributed by atoms with Crippen LogP contribution in [0.4, 0.5) is 0 Å². The molecule has 0 unspecified atom stereocenters. The Balaban J connectivity index is 1.80. The summed E-state index contributed by atoms with van der Waals surface area (Å²) >= 11 is 0. The Kier molecular flexibility index (Phi) is 7.44. The molecular weight excluding hydrogens is 412 g/mol. The normalized spacial score (nSPS) is 12.2. The van der Waals surface area contributed by atoms with Gasteiger partial charge in [0, 0.05) is 12.1 Å². The molecule has 0 aliphatic rings. The predicted molar refractivity (Wildman–Crippen MR) is 120 cm³/mol. The number of methoxy groups -OCH3 is 1. The highest BCUT2D eigenvalue weighted by Gasteiger charge is 2.26. The van der Waals surface area contributed by atoms with E-state index in [-0.39, 0.29) is 17.9 Å². The van der Waals surface area contributed by atoms with E-state index in [0.29, 0.717) is 5.75 Å². The number of carbonyl (C=O) groups is 1. The fraction of sp³-hybridized carbons (Fsp3) is 0.208. The molecule has 1 atom stereocenters. The maximum atomic E-state index is 13.0. The molecule has 3 aromatic carbocycles.